The Kier molecular flexibility index (Phi) is 9.00. The lowest BCUT2D eigenvalue weighted by molar-refractivity contribution is 0.0688. The number of methoxy groups -OCH3 is 1. The fraction of sp³-hybridized carbons (Fsp3) is 0.308. The van der Waals surface area contributed by atoms with Gasteiger partial charge in [0.1, 0.15) is 6.61 Å². The minimum absolute atomic E-state index is 0.00600. The molecule has 38 heavy (non-hydrogen) atoms. The van der Waals surface area contributed by atoms with Crippen LogP contribution in [0.4, 0.5) is 0 Å². The van der Waals surface area contributed by atoms with Gasteiger partial charge in [-0.1, -0.05) is 54.5 Å². The van der Waals surface area contributed by atoms with E-state index in [2.05, 4.69) is 23.9 Å². The molecular formula is C26H26Cl2N4O4S2. The minimum atomic E-state index is -1.12. The van der Waals surface area contributed by atoms with Crippen LogP contribution in [0, 0.1) is 13.8 Å². The van der Waals surface area contributed by atoms with Gasteiger partial charge >= 0.3 is 5.97 Å². The van der Waals surface area contributed by atoms with E-state index in [0.29, 0.717) is 62.5 Å². The first-order valence-electron chi connectivity index (χ1n) is 11.7. The number of carbonyl (C=O) groups is 1. The van der Waals surface area contributed by atoms with Crippen LogP contribution in [0.25, 0.3) is 27.5 Å². The highest BCUT2D eigenvalue weighted by Gasteiger charge is 2.27. The van der Waals surface area contributed by atoms with Crippen molar-refractivity contribution in [2.45, 2.75) is 37.2 Å². The first kappa shape index (κ1) is 28.4. The molecule has 1 aromatic carbocycles. The second kappa shape index (κ2) is 12.0. The van der Waals surface area contributed by atoms with Crippen molar-refractivity contribution in [2.75, 3.05) is 20.3 Å². The normalized spacial score (nSPS) is 11.4. The highest BCUT2D eigenvalue weighted by Crippen LogP contribution is 2.42. The average Bonchev–Trinajstić information content (AvgIpc) is 3.41. The molecule has 4 aromatic rings. The molecule has 3 heterocycles. The van der Waals surface area contributed by atoms with E-state index in [4.69, 9.17) is 37.7 Å². The number of benzene rings is 1. The Labute approximate surface area is 238 Å². The third-order valence-corrected chi connectivity index (χ3v) is 8.30. The number of hydrogen-bond acceptors (Lipinski definition) is 8. The van der Waals surface area contributed by atoms with Gasteiger partial charge in [0.15, 0.2) is 5.69 Å². The van der Waals surface area contributed by atoms with Crippen molar-refractivity contribution in [2.24, 2.45) is 0 Å². The summed E-state index contributed by atoms with van der Waals surface area (Å²) in [6.07, 6.45) is 0. The molecule has 0 saturated carbocycles. The second-order valence-corrected chi connectivity index (χ2v) is 12.3. The highest BCUT2D eigenvalue weighted by molar-refractivity contribution is 8.01. The summed E-state index contributed by atoms with van der Waals surface area (Å²) in [5.41, 5.74) is 3.83. The monoisotopic (exact) mass is 592 g/mol. The Morgan fingerprint density at radius 2 is 1.87 bits per heavy atom. The maximum Gasteiger partial charge on any atom is 0.355 e. The Morgan fingerprint density at radius 1 is 1.11 bits per heavy atom. The number of thioether (sulfide) groups is 1. The van der Waals surface area contributed by atoms with Crippen molar-refractivity contribution < 1.29 is 19.4 Å². The zero-order valence-electron chi connectivity index (χ0n) is 21.4. The first-order chi connectivity index (χ1) is 18.1. The zero-order chi connectivity index (χ0) is 27.6. The van der Waals surface area contributed by atoms with Crippen molar-refractivity contribution in [1.82, 2.24) is 19.7 Å². The summed E-state index contributed by atoms with van der Waals surface area (Å²) in [7, 11) is 1.59. The van der Waals surface area contributed by atoms with Gasteiger partial charge in [-0.05, 0) is 37.6 Å². The third-order valence-electron chi connectivity index (χ3n) is 5.32. The Morgan fingerprint density at radius 3 is 2.53 bits per heavy atom. The molecule has 0 aliphatic heterocycles. The third kappa shape index (κ3) is 6.16. The van der Waals surface area contributed by atoms with Crippen LogP contribution in [0.3, 0.4) is 0 Å². The van der Waals surface area contributed by atoms with Gasteiger partial charge in [-0.15, -0.1) is 11.8 Å². The van der Waals surface area contributed by atoms with E-state index in [0.717, 1.165) is 9.77 Å². The lowest BCUT2D eigenvalue weighted by Gasteiger charge is -2.09. The van der Waals surface area contributed by atoms with E-state index >= 15 is 0 Å². The van der Waals surface area contributed by atoms with E-state index in [1.165, 1.54) is 16.0 Å². The Hall–Kier alpha value is -2.63. The molecule has 0 aliphatic rings. The summed E-state index contributed by atoms with van der Waals surface area (Å²) in [6.45, 7) is 8.50. The number of carboxylic acid groups (broad SMARTS) is 1. The first-order valence-corrected chi connectivity index (χ1v) is 14.1. The van der Waals surface area contributed by atoms with Crippen LogP contribution in [0.1, 0.15) is 35.7 Å². The standard InChI is InChI=1S/C26H26Cl2N4O4S2/c1-13(2)37-25-22(16-6-7-18(27)19(28)11-16)30-26(38-25)32-23(24(33)34)21(15(4)31-32)17-10-14(3)29-20(12-17)36-9-8-35-5/h6-7,10-13H,8-9H2,1-5H3,(H,33,34). The Balaban J connectivity index is 1.86. The van der Waals surface area contributed by atoms with Gasteiger partial charge in [0.25, 0.3) is 0 Å². The van der Waals surface area contributed by atoms with E-state index in [1.807, 2.05) is 19.1 Å². The number of thiazole rings is 1. The topological polar surface area (TPSA) is 99.4 Å². The number of halogens is 2. The van der Waals surface area contributed by atoms with Crippen LogP contribution in [-0.2, 0) is 4.74 Å². The molecule has 12 heteroatoms. The average molecular weight is 594 g/mol. The molecule has 4 rings (SSSR count). The molecular weight excluding hydrogens is 567 g/mol. The van der Waals surface area contributed by atoms with Crippen LogP contribution in [0.2, 0.25) is 10.0 Å². The largest absolute Gasteiger partial charge is 0.476 e. The van der Waals surface area contributed by atoms with E-state index < -0.39 is 5.97 Å². The summed E-state index contributed by atoms with van der Waals surface area (Å²) in [5.74, 6) is -0.742. The van der Waals surface area contributed by atoms with Crippen molar-refractivity contribution >= 4 is 52.3 Å². The lowest BCUT2D eigenvalue weighted by atomic mass is 10.0. The van der Waals surface area contributed by atoms with Gasteiger partial charge in [0.05, 0.1) is 32.2 Å². The van der Waals surface area contributed by atoms with Crippen LogP contribution in [0.15, 0.2) is 34.5 Å². The molecule has 200 valence electrons. The van der Waals surface area contributed by atoms with E-state index in [-0.39, 0.29) is 10.9 Å². The van der Waals surface area contributed by atoms with Crippen LogP contribution >= 0.6 is 46.3 Å². The summed E-state index contributed by atoms with van der Waals surface area (Å²) >= 11 is 15.4. The summed E-state index contributed by atoms with van der Waals surface area (Å²) in [5, 5.41) is 16.5. The van der Waals surface area contributed by atoms with Crippen molar-refractivity contribution in [3.05, 3.63) is 57.5 Å². The maximum atomic E-state index is 12.6. The molecule has 0 amide bonds. The van der Waals surface area contributed by atoms with Crippen molar-refractivity contribution in [1.29, 1.82) is 0 Å². The molecule has 0 unspecified atom stereocenters. The summed E-state index contributed by atoms with van der Waals surface area (Å²) in [4.78, 5) is 21.9. The molecule has 0 radical (unpaired) electrons. The molecule has 0 spiro atoms. The number of carboxylic acids is 1. The fourth-order valence-electron chi connectivity index (χ4n) is 3.80. The smallest absolute Gasteiger partial charge is 0.355 e. The number of ether oxygens (including phenoxy) is 2. The van der Waals surface area contributed by atoms with Crippen molar-refractivity contribution in [3.63, 3.8) is 0 Å². The molecule has 3 aromatic heterocycles. The second-order valence-electron chi connectivity index (χ2n) is 8.63. The Bertz CT molecular complexity index is 1490. The minimum Gasteiger partial charge on any atom is -0.476 e. The number of nitrogens with zero attached hydrogens (tertiary/aromatic N) is 4. The predicted octanol–water partition coefficient (Wildman–Crippen LogP) is 7.21. The van der Waals surface area contributed by atoms with Gasteiger partial charge < -0.3 is 14.6 Å². The number of hydrogen-bond donors (Lipinski definition) is 1. The van der Waals surface area contributed by atoms with Crippen LogP contribution in [-0.4, -0.2) is 56.4 Å². The number of rotatable bonds is 10. The fourth-order valence-corrected chi connectivity index (χ4v) is 6.58. The van der Waals surface area contributed by atoms with Crippen LogP contribution < -0.4 is 4.74 Å². The number of aromatic carboxylic acids is 1. The van der Waals surface area contributed by atoms with E-state index in [9.17, 15) is 9.90 Å². The van der Waals surface area contributed by atoms with Gasteiger partial charge in [-0.3, -0.25) is 0 Å². The van der Waals surface area contributed by atoms with Crippen molar-refractivity contribution in [3.8, 4) is 33.4 Å². The SMILES string of the molecule is COCCOc1cc(-c2c(C)nn(-c3nc(-c4ccc(Cl)c(Cl)c4)c(SC(C)C)s3)c2C(=O)O)cc(C)n1. The highest BCUT2D eigenvalue weighted by atomic mass is 35.5. The quantitative estimate of drug-likeness (QED) is 0.152. The van der Waals surface area contributed by atoms with Gasteiger partial charge in [0, 0.05) is 35.2 Å². The molecule has 1 N–H and O–H groups in total. The predicted molar refractivity (Wildman–Crippen MR) is 153 cm³/mol. The van der Waals surface area contributed by atoms with Gasteiger partial charge in [-0.2, -0.15) is 9.78 Å². The molecule has 0 saturated heterocycles. The molecule has 8 nitrogen and oxygen atoms in total. The molecule has 0 bridgehead atoms. The molecule has 0 atom stereocenters. The molecule has 0 aliphatic carbocycles. The van der Waals surface area contributed by atoms with Crippen LogP contribution in [0.5, 0.6) is 5.88 Å². The summed E-state index contributed by atoms with van der Waals surface area (Å²) < 4.78 is 13.1. The summed E-state index contributed by atoms with van der Waals surface area (Å²) in [6, 6.07) is 8.86. The van der Waals surface area contributed by atoms with Gasteiger partial charge in [0.2, 0.25) is 11.0 Å². The maximum absolute atomic E-state index is 12.6. The van der Waals surface area contributed by atoms with Gasteiger partial charge in [-0.25, -0.2) is 14.8 Å². The van der Waals surface area contributed by atoms with E-state index in [1.54, 1.807) is 44.0 Å². The lowest BCUT2D eigenvalue weighted by Crippen LogP contribution is -2.09. The number of pyridine rings is 1. The molecule has 0 fully saturated rings. The zero-order valence-corrected chi connectivity index (χ0v) is 24.6. The number of aryl methyl sites for hydroxylation is 2. The number of aromatic nitrogens is 4.